The molecule has 1 aliphatic heterocycles. The average Bonchev–Trinajstić information content (AvgIpc) is 3.13. The zero-order chi connectivity index (χ0) is 25.3. The van der Waals surface area contributed by atoms with Crippen molar-refractivity contribution in [2.75, 3.05) is 23.0 Å². The van der Waals surface area contributed by atoms with Crippen molar-refractivity contribution in [3.05, 3.63) is 58.9 Å². The van der Waals surface area contributed by atoms with Gasteiger partial charge in [0.2, 0.25) is 0 Å². The van der Waals surface area contributed by atoms with E-state index >= 15 is 0 Å². The molecule has 4 rings (SSSR count). The minimum atomic E-state index is -4.77. The van der Waals surface area contributed by atoms with E-state index in [1.165, 1.54) is 34.1 Å². The van der Waals surface area contributed by atoms with E-state index in [1.54, 1.807) is 0 Å². The number of hydrogen-bond acceptors (Lipinski definition) is 4. The van der Waals surface area contributed by atoms with Crippen LogP contribution in [0, 0.1) is 17.1 Å². The van der Waals surface area contributed by atoms with Gasteiger partial charge < -0.3 is 10.4 Å². The number of hydrogen-bond donors (Lipinski definition) is 2. The Morgan fingerprint density at radius 3 is 2.23 bits per heavy atom. The Kier molecular flexibility index (Phi) is 6.67. The van der Waals surface area contributed by atoms with Crippen molar-refractivity contribution in [2.45, 2.75) is 43.9 Å². The number of amides is 3. The fourth-order valence-electron chi connectivity index (χ4n) is 4.81. The average molecular weight is 490 g/mol. The van der Waals surface area contributed by atoms with Crippen molar-refractivity contribution in [1.82, 2.24) is 5.32 Å². The first-order chi connectivity index (χ1) is 16.7. The van der Waals surface area contributed by atoms with Crippen LogP contribution in [0.25, 0.3) is 0 Å². The lowest BCUT2D eigenvalue weighted by Gasteiger charge is -2.32. The number of carbonyl (C=O) groups excluding carboxylic acids is 2. The van der Waals surface area contributed by atoms with Crippen LogP contribution in [0.15, 0.2) is 36.4 Å². The molecule has 0 aromatic heterocycles. The number of nitrogens with zero attached hydrogens (tertiary/aromatic N) is 3. The molecule has 2 aliphatic rings. The Hall–Kier alpha value is -3.65. The van der Waals surface area contributed by atoms with E-state index in [1.807, 2.05) is 0 Å². The predicted octanol–water partition coefficient (Wildman–Crippen LogP) is 4.20. The third kappa shape index (κ3) is 4.53. The van der Waals surface area contributed by atoms with Gasteiger partial charge >= 0.3 is 12.2 Å². The molecule has 0 bridgehead atoms. The maximum absolute atomic E-state index is 14.8. The van der Waals surface area contributed by atoms with E-state index in [0.717, 1.165) is 31.0 Å². The molecule has 7 nitrogen and oxygen atoms in total. The highest BCUT2D eigenvalue weighted by molar-refractivity contribution is 6.08. The van der Waals surface area contributed by atoms with Crippen molar-refractivity contribution in [3.63, 3.8) is 0 Å². The highest BCUT2D eigenvalue weighted by Gasteiger charge is 2.48. The fourth-order valence-corrected chi connectivity index (χ4v) is 4.81. The van der Waals surface area contributed by atoms with Crippen LogP contribution in [0.3, 0.4) is 0 Å². The zero-order valence-corrected chi connectivity index (χ0v) is 18.5. The van der Waals surface area contributed by atoms with Gasteiger partial charge in [-0.3, -0.25) is 14.6 Å². The maximum Gasteiger partial charge on any atom is 0.417 e. The topological polar surface area (TPSA) is 96.7 Å². The number of aliphatic hydroxyl groups excluding tert-OH is 1. The number of alkyl halides is 3. The molecule has 3 amide bonds. The van der Waals surface area contributed by atoms with Crippen LogP contribution < -0.4 is 15.1 Å². The quantitative estimate of drug-likeness (QED) is 0.614. The molecule has 1 heterocycles. The summed E-state index contributed by atoms with van der Waals surface area (Å²) in [7, 11) is 0. The molecule has 2 aromatic rings. The SMILES string of the molecule is N#Cc1ccc(N2C(=O)N(c3ccc(C(=O)NCCO)c(F)c3)[C@@H]3CCCC[C@H]32)cc1C(F)(F)F. The predicted molar refractivity (Wildman–Crippen MR) is 118 cm³/mol. The molecule has 2 aromatic carbocycles. The minimum absolute atomic E-state index is 0.0150. The van der Waals surface area contributed by atoms with Gasteiger partial charge in [-0.25, -0.2) is 9.18 Å². The number of benzene rings is 2. The molecule has 11 heteroatoms. The lowest BCUT2D eigenvalue weighted by atomic mass is 9.89. The number of urea groups is 1. The van der Waals surface area contributed by atoms with Gasteiger partial charge in [0, 0.05) is 17.9 Å². The third-order valence-corrected chi connectivity index (χ3v) is 6.35. The maximum atomic E-state index is 14.8. The monoisotopic (exact) mass is 490 g/mol. The molecule has 0 unspecified atom stereocenters. The van der Waals surface area contributed by atoms with Crippen molar-refractivity contribution in [3.8, 4) is 6.07 Å². The van der Waals surface area contributed by atoms with Crippen molar-refractivity contribution >= 4 is 23.3 Å². The highest BCUT2D eigenvalue weighted by atomic mass is 19.4. The first-order valence-electron chi connectivity index (χ1n) is 11.1. The molecule has 1 saturated heterocycles. The van der Waals surface area contributed by atoms with Crippen molar-refractivity contribution < 1.29 is 32.3 Å². The van der Waals surface area contributed by atoms with E-state index < -0.39 is 47.1 Å². The van der Waals surface area contributed by atoms with E-state index in [9.17, 15) is 27.2 Å². The van der Waals surface area contributed by atoms with Gasteiger partial charge in [-0.15, -0.1) is 0 Å². The van der Waals surface area contributed by atoms with Gasteiger partial charge in [0.05, 0.1) is 41.5 Å². The van der Waals surface area contributed by atoms with Crippen LogP contribution in [0.4, 0.5) is 33.7 Å². The summed E-state index contributed by atoms with van der Waals surface area (Å²) < 4.78 is 55.4. The summed E-state index contributed by atoms with van der Waals surface area (Å²) in [6.45, 7) is -0.355. The lowest BCUT2D eigenvalue weighted by Crippen LogP contribution is -2.40. The highest BCUT2D eigenvalue weighted by Crippen LogP contribution is 2.42. The van der Waals surface area contributed by atoms with E-state index in [-0.39, 0.29) is 30.1 Å². The summed E-state index contributed by atoms with van der Waals surface area (Å²) in [6.07, 6.45) is -2.07. The van der Waals surface area contributed by atoms with Gasteiger partial charge in [-0.05, 0) is 49.2 Å². The molecule has 2 N–H and O–H groups in total. The second-order valence-electron chi connectivity index (χ2n) is 8.42. The van der Waals surface area contributed by atoms with Gasteiger partial charge in [0.25, 0.3) is 5.91 Å². The Labute approximate surface area is 198 Å². The number of anilines is 2. The number of halogens is 4. The Balaban J connectivity index is 1.72. The third-order valence-electron chi connectivity index (χ3n) is 6.35. The number of rotatable bonds is 5. The Morgan fingerprint density at radius 2 is 1.69 bits per heavy atom. The fraction of sp³-hybridized carbons (Fsp3) is 0.375. The minimum Gasteiger partial charge on any atom is -0.395 e. The molecule has 1 saturated carbocycles. The van der Waals surface area contributed by atoms with Crippen LogP contribution in [0.2, 0.25) is 0 Å². The summed E-state index contributed by atoms with van der Waals surface area (Å²) in [6, 6.07) is 6.99. The Bertz CT molecular complexity index is 1190. The van der Waals surface area contributed by atoms with Gasteiger partial charge in [0.1, 0.15) is 5.82 Å². The molecule has 2 fully saturated rings. The van der Waals surface area contributed by atoms with E-state index in [0.29, 0.717) is 12.8 Å². The number of nitrogens with one attached hydrogen (secondary N) is 1. The molecule has 0 radical (unpaired) electrons. The van der Waals surface area contributed by atoms with Crippen LogP contribution in [0.5, 0.6) is 0 Å². The Morgan fingerprint density at radius 1 is 1.09 bits per heavy atom. The van der Waals surface area contributed by atoms with E-state index in [2.05, 4.69) is 5.32 Å². The van der Waals surface area contributed by atoms with Crippen molar-refractivity contribution in [2.24, 2.45) is 0 Å². The van der Waals surface area contributed by atoms with Crippen LogP contribution in [0.1, 0.15) is 47.2 Å². The van der Waals surface area contributed by atoms with Crippen LogP contribution >= 0.6 is 0 Å². The van der Waals surface area contributed by atoms with Gasteiger partial charge in [-0.2, -0.15) is 18.4 Å². The van der Waals surface area contributed by atoms with Gasteiger partial charge in [-0.1, -0.05) is 12.8 Å². The number of fused-ring (bicyclic) bond motifs is 1. The number of aliphatic hydroxyl groups is 1. The first-order valence-corrected chi connectivity index (χ1v) is 11.1. The van der Waals surface area contributed by atoms with Crippen LogP contribution in [-0.4, -0.2) is 42.3 Å². The number of carbonyl (C=O) groups is 2. The summed E-state index contributed by atoms with van der Waals surface area (Å²) in [5.41, 5.74) is -1.72. The molecule has 2 atom stereocenters. The largest absolute Gasteiger partial charge is 0.417 e. The standard InChI is InChI=1S/C24H22F4N4O3/c25-19-12-16(7-8-17(19)22(34)30-9-10-33)32-21-4-2-1-3-20(21)31(23(32)35)15-6-5-14(13-29)18(11-15)24(26,27)28/h5-8,11-12,20-21,33H,1-4,9-10H2,(H,30,34)/t20-,21-/m1/s1. The summed E-state index contributed by atoms with van der Waals surface area (Å²) in [5.74, 6) is -1.58. The zero-order valence-electron chi connectivity index (χ0n) is 18.5. The second-order valence-corrected chi connectivity index (χ2v) is 8.42. The molecule has 1 aliphatic carbocycles. The number of nitriles is 1. The molecule has 35 heavy (non-hydrogen) atoms. The van der Waals surface area contributed by atoms with Gasteiger partial charge in [0.15, 0.2) is 0 Å². The molecule has 184 valence electrons. The van der Waals surface area contributed by atoms with Crippen LogP contribution in [-0.2, 0) is 6.18 Å². The normalized spacial score (nSPS) is 19.9. The summed E-state index contributed by atoms with van der Waals surface area (Å²) in [5, 5.41) is 20.3. The smallest absolute Gasteiger partial charge is 0.395 e. The molecule has 0 spiro atoms. The summed E-state index contributed by atoms with van der Waals surface area (Å²) >= 11 is 0. The molecular formula is C24H22F4N4O3. The van der Waals surface area contributed by atoms with Crippen molar-refractivity contribution in [1.29, 1.82) is 5.26 Å². The van der Waals surface area contributed by atoms with E-state index in [4.69, 9.17) is 10.4 Å². The first kappa shape index (κ1) is 24.5. The molecular weight excluding hydrogens is 468 g/mol. The lowest BCUT2D eigenvalue weighted by molar-refractivity contribution is -0.137. The second kappa shape index (κ2) is 9.54. The summed E-state index contributed by atoms with van der Waals surface area (Å²) in [4.78, 5) is 28.3.